The van der Waals surface area contributed by atoms with E-state index in [1.165, 1.54) is 24.3 Å². The largest absolute Gasteiger partial charge is 0.381 e. The lowest BCUT2D eigenvalue weighted by Crippen LogP contribution is -2.59. The molecule has 1 atom stereocenters. The molecule has 0 spiro atoms. The summed E-state index contributed by atoms with van der Waals surface area (Å²) in [5.74, 6) is -0.735. The van der Waals surface area contributed by atoms with Gasteiger partial charge in [0.1, 0.15) is 5.82 Å². The van der Waals surface area contributed by atoms with E-state index in [0.29, 0.717) is 44.7 Å². The third-order valence-electron chi connectivity index (χ3n) is 5.02. The van der Waals surface area contributed by atoms with Crippen molar-refractivity contribution in [1.29, 1.82) is 0 Å². The van der Waals surface area contributed by atoms with Gasteiger partial charge in [-0.1, -0.05) is 0 Å². The Labute approximate surface area is 153 Å². The second kappa shape index (κ2) is 8.25. The lowest BCUT2D eigenvalue weighted by Gasteiger charge is -2.40. The molecule has 0 aliphatic carbocycles. The Hall–Kier alpha value is -1.50. The number of ether oxygens (including phenoxy) is 1. The fraction of sp³-hybridized carbons (Fsp3) is 0.556. The molecule has 138 valence electrons. The molecule has 1 aromatic carbocycles. The smallest absolute Gasteiger partial charge is 0.242 e. The molecule has 2 heterocycles. The van der Waals surface area contributed by atoms with Crippen LogP contribution < -0.4 is 5.73 Å². The van der Waals surface area contributed by atoms with Gasteiger partial charge in [0.25, 0.3) is 0 Å². The molecule has 1 unspecified atom stereocenters. The molecule has 2 aliphatic rings. The number of piperidine rings is 1. The fourth-order valence-corrected chi connectivity index (χ4v) is 3.49. The minimum Gasteiger partial charge on any atom is -0.381 e. The molecule has 2 fully saturated rings. The van der Waals surface area contributed by atoms with Crippen molar-refractivity contribution in [3.8, 4) is 0 Å². The van der Waals surface area contributed by atoms with Gasteiger partial charge < -0.3 is 15.4 Å². The Kier molecular flexibility index (Phi) is 6.54. The standard InChI is InChI=1S/C18H23FN2O3.ClH/c19-15-5-3-13(4-6-15)16(22)14-2-1-9-21(12-14)17(23)18(20)7-10-24-11-8-18;/h3-6,14H,1-2,7-12,20H2;1H. The van der Waals surface area contributed by atoms with E-state index < -0.39 is 5.54 Å². The zero-order chi connectivity index (χ0) is 17.2. The molecular formula is C18H24ClFN2O3. The highest BCUT2D eigenvalue weighted by Crippen LogP contribution is 2.26. The maximum absolute atomic E-state index is 13.0. The second-order valence-electron chi connectivity index (χ2n) is 6.73. The molecule has 1 amide bonds. The molecule has 0 saturated carbocycles. The Morgan fingerprint density at radius 1 is 1.20 bits per heavy atom. The third-order valence-corrected chi connectivity index (χ3v) is 5.02. The number of benzene rings is 1. The highest BCUT2D eigenvalue weighted by Gasteiger charge is 2.41. The summed E-state index contributed by atoms with van der Waals surface area (Å²) in [5, 5.41) is 0. The summed E-state index contributed by atoms with van der Waals surface area (Å²) in [6.45, 7) is 2.00. The predicted octanol–water partition coefficient (Wildman–Crippen LogP) is 2.18. The minimum absolute atomic E-state index is 0. The number of amides is 1. The van der Waals surface area contributed by atoms with Gasteiger partial charge in [0, 0.05) is 37.8 Å². The lowest BCUT2D eigenvalue weighted by atomic mass is 9.86. The number of rotatable bonds is 3. The molecule has 0 aromatic heterocycles. The monoisotopic (exact) mass is 370 g/mol. The van der Waals surface area contributed by atoms with E-state index in [1.807, 2.05) is 0 Å². The quantitative estimate of drug-likeness (QED) is 0.828. The molecule has 7 heteroatoms. The maximum Gasteiger partial charge on any atom is 0.242 e. The zero-order valence-corrected chi connectivity index (χ0v) is 14.9. The van der Waals surface area contributed by atoms with Crippen molar-refractivity contribution < 1.29 is 18.7 Å². The first-order chi connectivity index (χ1) is 11.5. The Morgan fingerprint density at radius 3 is 2.48 bits per heavy atom. The van der Waals surface area contributed by atoms with Crippen LogP contribution in [0, 0.1) is 11.7 Å². The van der Waals surface area contributed by atoms with Gasteiger partial charge in [0.05, 0.1) is 5.54 Å². The first-order valence-corrected chi connectivity index (χ1v) is 8.45. The lowest BCUT2D eigenvalue weighted by molar-refractivity contribution is -0.142. The van der Waals surface area contributed by atoms with Gasteiger partial charge in [-0.25, -0.2) is 4.39 Å². The van der Waals surface area contributed by atoms with Gasteiger partial charge in [-0.15, -0.1) is 12.4 Å². The number of hydrogen-bond acceptors (Lipinski definition) is 4. The van der Waals surface area contributed by atoms with Crippen molar-refractivity contribution in [2.24, 2.45) is 11.7 Å². The average molecular weight is 371 g/mol. The van der Waals surface area contributed by atoms with Crippen LogP contribution in [0.25, 0.3) is 0 Å². The second-order valence-corrected chi connectivity index (χ2v) is 6.73. The normalized spacial score (nSPS) is 22.8. The van der Waals surface area contributed by atoms with E-state index in [1.54, 1.807) is 4.90 Å². The highest BCUT2D eigenvalue weighted by atomic mass is 35.5. The number of Topliss-reactive ketones (excluding diaryl/α,β-unsaturated/α-hetero) is 1. The Balaban J connectivity index is 0.00000225. The summed E-state index contributed by atoms with van der Waals surface area (Å²) in [4.78, 5) is 27.2. The van der Waals surface area contributed by atoms with Crippen molar-refractivity contribution in [1.82, 2.24) is 4.90 Å². The summed E-state index contributed by atoms with van der Waals surface area (Å²) >= 11 is 0. The van der Waals surface area contributed by atoms with Crippen molar-refractivity contribution >= 4 is 24.1 Å². The van der Waals surface area contributed by atoms with E-state index in [-0.39, 0.29) is 35.8 Å². The molecule has 5 nitrogen and oxygen atoms in total. The number of likely N-dealkylation sites (tertiary alicyclic amines) is 1. The number of hydrogen-bond donors (Lipinski definition) is 1. The highest BCUT2D eigenvalue weighted by molar-refractivity contribution is 5.98. The van der Waals surface area contributed by atoms with E-state index in [0.717, 1.165) is 12.8 Å². The Bertz CT molecular complexity index is 617. The van der Waals surface area contributed by atoms with Gasteiger partial charge in [0.2, 0.25) is 5.91 Å². The summed E-state index contributed by atoms with van der Waals surface area (Å²) < 4.78 is 18.3. The summed E-state index contributed by atoms with van der Waals surface area (Å²) in [7, 11) is 0. The Morgan fingerprint density at radius 2 is 1.84 bits per heavy atom. The summed E-state index contributed by atoms with van der Waals surface area (Å²) in [6.07, 6.45) is 2.54. The minimum atomic E-state index is -0.876. The molecule has 2 aliphatic heterocycles. The van der Waals surface area contributed by atoms with Crippen LogP contribution in [-0.4, -0.2) is 48.4 Å². The number of carbonyl (C=O) groups is 2. The van der Waals surface area contributed by atoms with E-state index in [9.17, 15) is 14.0 Å². The summed E-state index contributed by atoms with van der Waals surface area (Å²) in [6, 6.07) is 5.58. The van der Waals surface area contributed by atoms with E-state index in [2.05, 4.69) is 0 Å². The third kappa shape index (κ3) is 4.37. The van der Waals surface area contributed by atoms with Gasteiger partial charge in [0.15, 0.2) is 5.78 Å². The van der Waals surface area contributed by atoms with Gasteiger partial charge >= 0.3 is 0 Å². The van der Waals surface area contributed by atoms with E-state index in [4.69, 9.17) is 10.5 Å². The molecule has 1 aromatic rings. The van der Waals surface area contributed by atoms with Gasteiger partial charge in [-0.05, 0) is 49.9 Å². The number of nitrogens with two attached hydrogens (primary N) is 1. The van der Waals surface area contributed by atoms with Crippen molar-refractivity contribution in [3.05, 3.63) is 35.6 Å². The molecule has 25 heavy (non-hydrogen) atoms. The summed E-state index contributed by atoms with van der Waals surface area (Å²) in [5.41, 5.74) is 5.90. The zero-order valence-electron chi connectivity index (χ0n) is 14.1. The maximum atomic E-state index is 13.0. The van der Waals surface area contributed by atoms with Crippen LogP contribution in [0.1, 0.15) is 36.0 Å². The topological polar surface area (TPSA) is 72.6 Å². The van der Waals surface area contributed by atoms with Gasteiger partial charge in [-0.2, -0.15) is 0 Å². The van der Waals surface area contributed by atoms with Gasteiger partial charge in [-0.3, -0.25) is 9.59 Å². The number of carbonyl (C=O) groups excluding carboxylic acids is 2. The molecule has 3 rings (SSSR count). The average Bonchev–Trinajstić information content (AvgIpc) is 2.62. The van der Waals surface area contributed by atoms with Crippen LogP contribution in [0.3, 0.4) is 0 Å². The number of nitrogens with zero attached hydrogens (tertiary/aromatic N) is 1. The molecular weight excluding hydrogens is 347 g/mol. The molecule has 0 radical (unpaired) electrons. The predicted molar refractivity (Wildman–Crippen MR) is 94.3 cm³/mol. The van der Waals surface area contributed by atoms with Crippen LogP contribution in [0.15, 0.2) is 24.3 Å². The number of halogens is 2. The van der Waals surface area contributed by atoms with Crippen molar-refractivity contribution in [3.63, 3.8) is 0 Å². The molecule has 2 saturated heterocycles. The van der Waals surface area contributed by atoms with Crippen LogP contribution in [0.4, 0.5) is 4.39 Å². The van der Waals surface area contributed by atoms with Crippen LogP contribution in [-0.2, 0) is 9.53 Å². The first-order valence-electron chi connectivity index (χ1n) is 8.45. The van der Waals surface area contributed by atoms with Crippen LogP contribution in [0.5, 0.6) is 0 Å². The number of ketones is 1. The van der Waals surface area contributed by atoms with Crippen molar-refractivity contribution in [2.75, 3.05) is 26.3 Å². The SMILES string of the molecule is Cl.NC1(C(=O)N2CCCC(C(=O)c3ccc(F)cc3)C2)CCOCC1. The van der Waals surface area contributed by atoms with Crippen molar-refractivity contribution in [2.45, 2.75) is 31.2 Å². The van der Waals surface area contributed by atoms with E-state index >= 15 is 0 Å². The molecule has 2 N–H and O–H groups in total. The molecule has 0 bridgehead atoms. The fourth-order valence-electron chi connectivity index (χ4n) is 3.49. The van der Waals surface area contributed by atoms with Crippen LogP contribution in [0.2, 0.25) is 0 Å². The van der Waals surface area contributed by atoms with Crippen LogP contribution >= 0.6 is 12.4 Å². The first kappa shape index (κ1) is 19.8.